The molecule has 0 fully saturated rings. The monoisotopic (exact) mass is 223 g/mol. The van der Waals surface area contributed by atoms with Crippen LogP contribution in [0.25, 0.3) is 0 Å². The average Bonchev–Trinajstić information content (AvgIpc) is 1.91. The summed E-state index contributed by atoms with van der Waals surface area (Å²) >= 11 is 6.34. The maximum Gasteiger partial charge on any atom is 0.144 e. The quantitative estimate of drug-likeness (QED) is 0.597. The Morgan fingerprint density at radius 2 is 2.14 bits per heavy atom. The van der Waals surface area contributed by atoms with E-state index in [2.05, 4.69) is 42.4 Å². The van der Waals surface area contributed by atoms with Gasteiger partial charge in [-0.05, 0) is 31.9 Å². The molecule has 0 saturated carbocycles. The summed E-state index contributed by atoms with van der Waals surface area (Å²) in [6.07, 6.45) is 1.63. The summed E-state index contributed by atoms with van der Waals surface area (Å²) in [7, 11) is 0. The van der Waals surface area contributed by atoms with Crippen molar-refractivity contribution in [3.8, 4) is 0 Å². The van der Waals surface area contributed by atoms with Gasteiger partial charge in [0.05, 0.1) is 10.7 Å². The van der Waals surface area contributed by atoms with Crippen LogP contribution in [0.5, 0.6) is 0 Å². The van der Waals surface area contributed by atoms with Crippen LogP contribution >= 0.6 is 31.9 Å². The van der Waals surface area contributed by atoms with Crippen LogP contribution in [0.3, 0.4) is 0 Å². The Kier molecular flexibility index (Phi) is 1.49. The van der Waals surface area contributed by atoms with Crippen LogP contribution in [-0.2, 0) is 0 Å². The second-order valence-electron chi connectivity index (χ2n) is 0.983. The minimum Gasteiger partial charge on any atom is -0.157 e. The van der Waals surface area contributed by atoms with E-state index in [0.717, 1.165) is 9.10 Å². The molecular weight excluding hydrogens is 224 g/mol. The van der Waals surface area contributed by atoms with Gasteiger partial charge in [-0.1, -0.05) is 0 Å². The highest BCUT2D eigenvalue weighted by Crippen LogP contribution is 2.15. The van der Waals surface area contributed by atoms with E-state index in [9.17, 15) is 0 Å². The zero-order chi connectivity index (χ0) is 5.28. The van der Waals surface area contributed by atoms with Crippen molar-refractivity contribution < 1.29 is 0 Å². The van der Waals surface area contributed by atoms with E-state index < -0.39 is 0 Å². The van der Waals surface area contributed by atoms with Crippen LogP contribution in [0.15, 0.2) is 15.8 Å². The molecule has 0 saturated heterocycles. The Morgan fingerprint density at radius 1 is 1.43 bits per heavy atom. The highest BCUT2D eigenvalue weighted by atomic mass is 79.9. The molecule has 1 aliphatic heterocycles. The van der Waals surface area contributed by atoms with Gasteiger partial charge in [0.2, 0.25) is 0 Å². The summed E-state index contributed by atoms with van der Waals surface area (Å²) in [5.41, 5.74) is 3.58. The van der Waals surface area contributed by atoms with Crippen molar-refractivity contribution in [2.75, 3.05) is 0 Å². The SMILES string of the molecule is BrC1=C[N]N=C1Br. The molecule has 7 heavy (non-hydrogen) atoms. The summed E-state index contributed by atoms with van der Waals surface area (Å²) < 4.78 is 1.65. The average molecular weight is 225 g/mol. The number of allylic oxidation sites excluding steroid dienone is 1. The molecule has 0 aromatic rings. The Bertz CT molecular complexity index is 122. The summed E-state index contributed by atoms with van der Waals surface area (Å²) in [6.45, 7) is 0. The Balaban J connectivity index is 2.78. The van der Waals surface area contributed by atoms with Crippen LogP contribution in [0.4, 0.5) is 0 Å². The summed E-state index contributed by atoms with van der Waals surface area (Å²) in [6, 6.07) is 0. The van der Waals surface area contributed by atoms with E-state index in [-0.39, 0.29) is 0 Å². The molecule has 1 heterocycles. The Labute approximate surface area is 57.9 Å². The van der Waals surface area contributed by atoms with Crippen LogP contribution in [-0.4, -0.2) is 4.62 Å². The molecule has 0 aromatic heterocycles. The van der Waals surface area contributed by atoms with Gasteiger partial charge in [0.15, 0.2) is 0 Å². The largest absolute Gasteiger partial charge is 0.157 e. The van der Waals surface area contributed by atoms with Gasteiger partial charge < -0.3 is 0 Å². The lowest BCUT2D eigenvalue weighted by Gasteiger charge is -1.76. The fourth-order valence-electron chi connectivity index (χ4n) is 0.231. The van der Waals surface area contributed by atoms with Gasteiger partial charge in [0, 0.05) is 0 Å². The molecular formula is C3HBr2N2. The molecule has 0 N–H and O–H groups in total. The molecule has 1 rings (SSSR count). The predicted octanol–water partition coefficient (Wildman–Crippen LogP) is 1.55. The lowest BCUT2D eigenvalue weighted by Crippen LogP contribution is -1.75. The molecule has 2 nitrogen and oxygen atoms in total. The van der Waals surface area contributed by atoms with E-state index in [4.69, 9.17) is 0 Å². The highest BCUT2D eigenvalue weighted by Gasteiger charge is 2.03. The van der Waals surface area contributed by atoms with Gasteiger partial charge in [0.25, 0.3) is 0 Å². The molecule has 4 heteroatoms. The van der Waals surface area contributed by atoms with Crippen molar-refractivity contribution in [3.05, 3.63) is 10.7 Å². The van der Waals surface area contributed by atoms with Crippen molar-refractivity contribution >= 4 is 36.5 Å². The van der Waals surface area contributed by atoms with Gasteiger partial charge in [-0.15, -0.1) is 5.10 Å². The van der Waals surface area contributed by atoms with Crippen molar-refractivity contribution in [2.24, 2.45) is 5.10 Å². The van der Waals surface area contributed by atoms with E-state index in [1.807, 2.05) is 0 Å². The maximum absolute atomic E-state index is 3.64. The van der Waals surface area contributed by atoms with Crippen LogP contribution in [0, 0.1) is 0 Å². The summed E-state index contributed by atoms with van der Waals surface area (Å²) in [5, 5.41) is 3.64. The van der Waals surface area contributed by atoms with Gasteiger partial charge in [0.1, 0.15) is 4.62 Å². The third kappa shape index (κ3) is 1.04. The third-order valence-electron chi connectivity index (χ3n) is 0.514. The van der Waals surface area contributed by atoms with Crippen LogP contribution in [0.1, 0.15) is 0 Å². The number of hydrogen-bond donors (Lipinski definition) is 0. The second kappa shape index (κ2) is 1.96. The number of nitrogens with zero attached hydrogens (tertiary/aromatic N) is 2. The van der Waals surface area contributed by atoms with Gasteiger partial charge in [-0.25, -0.2) is 0 Å². The number of rotatable bonds is 0. The molecule has 37 valence electrons. The smallest absolute Gasteiger partial charge is 0.144 e. The molecule has 0 atom stereocenters. The van der Waals surface area contributed by atoms with E-state index in [1.165, 1.54) is 0 Å². The topological polar surface area (TPSA) is 26.5 Å². The molecule has 0 bridgehead atoms. The molecule has 0 unspecified atom stereocenters. The predicted molar refractivity (Wildman–Crippen MR) is 35.5 cm³/mol. The normalized spacial score (nSPS) is 18.0. The highest BCUT2D eigenvalue weighted by molar-refractivity contribution is 9.20. The first kappa shape index (κ1) is 5.31. The molecule has 1 aliphatic rings. The minimum absolute atomic E-state index is 0.757. The zero-order valence-electron chi connectivity index (χ0n) is 3.23. The number of halogens is 2. The van der Waals surface area contributed by atoms with Crippen molar-refractivity contribution in [1.29, 1.82) is 0 Å². The Morgan fingerprint density at radius 3 is 2.29 bits per heavy atom. The van der Waals surface area contributed by atoms with Gasteiger partial charge in [-0.3, -0.25) is 0 Å². The standard InChI is InChI=1S/C3HBr2N2/c4-2-1-6-7-3(2)5/h1H. The van der Waals surface area contributed by atoms with Crippen molar-refractivity contribution in [1.82, 2.24) is 5.43 Å². The minimum atomic E-state index is 0.757. The van der Waals surface area contributed by atoms with Gasteiger partial charge >= 0.3 is 0 Å². The van der Waals surface area contributed by atoms with Crippen molar-refractivity contribution in [3.63, 3.8) is 0 Å². The number of hydrogen-bond acceptors (Lipinski definition) is 1. The van der Waals surface area contributed by atoms with E-state index in [1.54, 1.807) is 6.20 Å². The first-order valence-electron chi connectivity index (χ1n) is 1.60. The zero-order valence-corrected chi connectivity index (χ0v) is 6.40. The van der Waals surface area contributed by atoms with E-state index >= 15 is 0 Å². The third-order valence-corrected chi connectivity index (χ3v) is 2.21. The first-order chi connectivity index (χ1) is 3.30. The van der Waals surface area contributed by atoms with Crippen LogP contribution < -0.4 is 5.43 Å². The molecule has 0 aliphatic carbocycles. The van der Waals surface area contributed by atoms with Gasteiger partial charge in [-0.2, -0.15) is 5.43 Å². The molecule has 0 aromatic carbocycles. The van der Waals surface area contributed by atoms with E-state index in [0.29, 0.717) is 0 Å². The van der Waals surface area contributed by atoms with Crippen LogP contribution in [0.2, 0.25) is 0 Å². The first-order valence-corrected chi connectivity index (χ1v) is 3.18. The fourth-order valence-corrected chi connectivity index (χ4v) is 0.596. The fraction of sp³-hybridized carbons (Fsp3) is 0. The second-order valence-corrected chi connectivity index (χ2v) is 2.59. The lowest BCUT2D eigenvalue weighted by molar-refractivity contribution is 0.975. The summed E-state index contributed by atoms with van der Waals surface area (Å²) in [5.74, 6) is 0. The maximum atomic E-state index is 3.64. The summed E-state index contributed by atoms with van der Waals surface area (Å²) in [4.78, 5) is 0. The Hall–Kier alpha value is 0.170. The molecule has 1 radical (unpaired) electrons. The molecule has 0 spiro atoms. The molecule has 0 amide bonds. The van der Waals surface area contributed by atoms with Crippen molar-refractivity contribution in [2.45, 2.75) is 0 Å². The lowest BCUT2D eigenvalue weighted by atomic mass is 10.7.